The van der Waals surface area contributed by atoms with Gasteiger partial charge in [0.1, 0.15) is 0 Å². The largest absolute Gasteiger partial charge is 0.465 e. The molecule has 1 aliphatic heterocycles. The maximum Gasteiger partial charge on any atom is 0.340 e. The Balaban J connectivity index is 2.20. The molecule has 108 valence electrons. The second-order valence-corrected chi connectivity index (χ2v) is 4.91. The molecule has 0 radical (unpaired) electrons. The summed E-state index contributed by atoms with van der Waals surface area (Å²) in [5.74, 6) is -1.30. The molecule has 0 bridgehead atoms. The lowest BCUT2D eigenvalue weighted by molar-refractivity contribution is -0.120. The Hall–Kier alpha value is -1.63. The van der Waals surface area contributed by atoms with Gasteiger partial charge in [-0.3, -0.25) is 4.79 Å². The Morgan fingerprint density at radius 2 is 2.20 bits per heavy atom. The van der Waals surface area contributed by atoms with Gasteiger partial charge in [-0.1, -0.05) is 11.6 Å². The Morgan fingerprint density at radius 1 is 1.45 bits per heavy atom. The first kappa shape index (κ1) is 14.8. The van der Waals surface area contributed by atoms with Crippen molar-refractivity contribution in [2.45, 2.75) is 6.04 Å². The van der Waals surface area contributed by atoms with Gasteiger partial charge in [-0.2, -0.15) is 0 Å². The van der Waals surface area contributed by atoms with E-state index >= 15 is 0 Å². The Bertz CT molecular complexity index is 535. The highest BCUT2D eigenvalue weighted by Crippen LogP contribution is 2.23. The molecule has 6 nitrogen and oxygen atoms in total. The summed E-state index contributed by atoms with van der Waals surface area (Å²) in [6, 6.07) is 4.22. The van der Waals surface area contributed by atoms with E-state index < -0.39 is 11.9 Å². The molecule has 2 rings (SSSR count). The van der Waals surface area contributed by atoms with Crippen LogP contribution in [0.15, 0.2) is 18.2 Å². The number of benzene rings is 1. The summed E-state index contributed by atoms with van der Waals surface area (Å²) in [4.78, 5) is 23.8. The molecule has 1 saturated heterocycles. The number of halogens is 1. The number of carbonyl (C=O) groups is 2. The van der Waals surface area contributed by atoms with Gasteiger partial charge in [0.25, 0.3) is 0 Å². The summed E-state index contributed by atoms with van der Waals surface area (Å²) in [5, 5.41) is 3.05. The number of amides is 1. The fourth-order valence-electron chi connectivity index (χ4n) is 1.97. The number of hydrogen-bond acceptors (Lipinski definition) is 5. The van der Waals surface area contributed by atoms with E-state index in [2.05, 4.69) is 10.1 Å². The number of methoxy groups -OCH3 is 1. The average Bonchev–Trinajstić information content (AvgIpc) is 2.86. The van der Waals surface area contributed by atoms with Gasteiger partial charge in [-0.05, 0) is 18.2 Å². The monoisotopic (exact) mass is 298 g/mol. The number of esters is 1. The van der Waals surface area contributed by atoms with Crippen molar-refractivity contribution in [3.63, 3.8) is 0 Å². The van der Waals surface area contributed by atoms with E-state index in [1.54, 1.807) is 12.1 Å². The molecule has 2 unspecified atom stereocenters. The van der Waals surface area contributed by atoms with E-state index in [1.165, 1.54) is 13.2 Å². The molecule has 0 spiro atoms. The van der Waals surface area contributed by atoms with Crippen molar-refractivity contribution in [2.24, 2.45) is 11.7 Å². The van der Waals surface area contributed by atoms with Crippen LogP contribution in [-0.4, -0.2) is 38.2 Å². The zero-order chi connectivity index (χ0) is 14.7. The lowest BCUT2D eigenvalue weighted by Gasteiger charge is -2.15. The summed E-state index contributed by atoms with van der Waals surface area (Å²) in [6.07, 6.45) is 0. The first-order chi connectivity index (χ1) is 9.52. The number of nitrogens with one attached hydrogen (secondary N) is 1. The minimum absolute atomic E-state index is 0.195. The molecule has 0 saturated carbocycles. The molecular weight excluding hydrogens is 284 g/mol. The molecule has 3 N–H and O–H groups in total. The lowest BCUT2D eigenvalue weighted by atomic mass is 10.0. The van der Waals surface area contributed by atoms with Gasteiger partial charge in [-0.25, -0.2) is 4.79 Å². The average molecular weight is 299 g/mol. The van der Waals surface area contributed by atoms with E-state index in [4.69, 9.17) is 22.1 Å². The minimum Gasteiger partial charge on any atom is -0.465 e. The predicted molar refractivity (Wildman–Crippen MR) is 73.7 cm³/mol. The van der Waals surface area contributed by atoms with Crippen molar-refractivity contribution in [3.8, 4) is 0 Å². The highest BCUT2D eigenvalue weighted by molar-refractivity contribution is 6.31. The zero-order valence-electron chi connectivity index (χ0n) is 10.9. The molecule has 1 fully saturated rings. The van der Waals surface area contributed by atoms with Crippen molar-refractivity contribution in [2.75, 3.05) is 25.6 Å². The quantitative estimate of drug-likeness (QED) is 0.814. The van der Waals surface area contributed by atoms with Crippen molar-refractivity contribution < 1.29 is 19.1 Å². The van der Waals surface area contributed by atoms with Crippen molar-refractivity contribution in [1.29, 1.82) is 0 Å². The summed E-state index contributed by atoms with van der Waals surface area (Å²) in [6.45, 7) is 0.622. The van der Waals surface area contributed by atoms with Crippen LogP contribution in [0.4, 0.5) is 5.69 Å². The molecule has 7 heteroatoms. The Labute approximate surface area is 121 Å². The molecule has 1 aromatic rings. The molecular formula is C13H15ClN2O4. The molecule has 1 aliphatic rings. The number of ether oxygens (including phenoxy) is 2. The van der Waals surface area contributed by atoms with Gasteiger partial charge < -0.3 is 20.5 Å². The summed E-state index contributed by atoms with van der Waals surface area (Å²) in [5.41, 5.74) is 6.32. The predicted octanol–water partition coefficient (Wildman–Crippen LogP) is 1.04. The van der Waals surface area contributed by atoms with Crippen LogP contribution < -0.4 is 11.1 Å². The smallest absolute Gasteiger partial charge is 0.340 e. The topological polar surface area (TPSA) is 90.6 Å². The number of rotatable bonds is 3. The van der Waals surface area contributed by atoms with Crippen molar-refractivity contribution in [3.05, 3.63) is 28.8 Å². The number of nitrogens with two attached hydrogens (primary N) is 1. The van der Waals surface area contributed by atoms with Crippen LogP contribution in [0.2, 0.25) is 5.02 Å². The van der Waals surface area contributed by atoms with Crippen LogP contribution in [0, 0.1) is 5.92 Å². The molecule has 1 heterocycles. The van der Waals surface area contributed by atoms with Gasteiger partial charge >= 0.3 is 5.97 Å². The van der Waals surface area contributed by atoms with E-state index in [1.807, 2.05) is 0 Å². The highest BCUT2D eigenvalue weighted by atomic mass is 35.5. The maximum absolute atomic E-state index is 12.1. The molecule has 20 heavy (non-hydrogen) atoms. The van der Waals surface area contributed by atoms with Gasteiger partial charge in [0.2, 0.25) is 5.91 Å². The van der Waals surface area contributed by atoms with E-state index in [9.17, 15) is 9.59 Å². The highest BCUT2D eigenvalue weighted by Gasteiger charge is 2.32. The van der Waals surface area contributed by atoms with E-state index in [0.29, 0.717) is 17.3 Å². The van der Waals surface area contributed by atoms with Crippen LogP contribution >= 0.6 is 11.6 Å². The third kappa shape index (κ3) is 3.09. The number of anilines is 1. The lowest BCUT2D eigenvalue weighted by Crippen LogP contribution is -2.37. The van der Waals surface area contributed by atoms with Gasteiger partial charge in [0.05, 0.1) is 37.5 Å². The summed E-state index contributed by atoms with van der Waals surface area (Å²) < 4.78 is 9.81. The molecule has 0 aliphatic carbocycles. The first-order valence-electron chi connectivity index (χ1n) is 6.05. The van der Waals surface area contributed by atoms with Crippen LogP contribution in [-0.2, 0) is 14.3 Å². The minimum atomic E-state index is -0.574. The standard InChI is InChI=1S/C13H15ClN2O4/c1-19-13(18)8-4-7(14)2-3-11(8)16-12(17)9-5-20-6-10(9)15/h2-4,9-10H,5-6,15H2,1H3,(H,16,17). The van der Waals surface area contributed by atoms with Gasteiger partial charge in [0, 0.05) is 11.1 Å². The van der Waals surface area contributed by atoms with Crippen LogP contribution in [0.1, 0.15) is 10.4 Å². The SMILES string of the molecule is COC(=O)c1cc(Cl)ccc1NC(=O)C1COCC1N. The summed E-state index contributed by atoms with van der Waals surface area (Å²) in [7, 11) is 1.26. The van der Waals surface area contributed by atoms with Crippen LogP contribution in [0.5, 0.6) is 0 Å². The fraction of sp³-hybridized carbons (Fsp3) is 0.385. The van der Waals surface area contributed by atoms with Crippen molar-refractivity contribution >= 4 is 29.2 Å². The van der Waals surface area contributed by atoms with Crippen LogP contribution in [0.25, 0.3) is 0 Å². The molecule has 1 amide bonds. The maximum atomic E-state index is 12.1. The van der Waals surface area contributed by atoms with Gasteiger partial charge in [-0.15, -0.1) is 0 Å². The second-order valence-electron chi connectivity index (χ2n) is 4.48. The third-order valence-corrected chi connectivity index (χ3v) is 3.34. The van der Waals surface area contributed by atoms with Crippen molar-refractivity contribution in [1.82, 2.24) is 0 Å². The Kier molecular flexibility index (Phi) is 4.59. The number of carbonyl (C=O) groups excluding carboxylic acids is 2. The molecule has 2 atom stereocenters. The molecule has 0 aromatic heterocycles. The summed E-state index contributed by atoms with van der Waals surface area (Å²) >= 11 is 5.84. The van der Waals surface area contributed by atoms with E-state index in [-0.39, 0.29) is 24.1 Å². The normalized spacial score (nSPS) is 21.6. The van der Waals surface area contributed by atoms with E-state index in [0.717, 1.165) is 0 Å². The van der Waals surface area contributed by atoms with Gasteiger partial charge in [0.15, 0.2) is 0 Å². The zero-order valence-corrected chi connectivity index (χ0v) is 11.6. The molecule has 1 aromatic carbocycles. The Morgan fingerprint density at radius 3 is 2.80 bits per heavy atom. The van der Waals surface area contributed by atoms with Crippen LogP contribution in [0.3, 0.4) is 0 Å². The first-order valence-corrected chi connectivity index (χ1v) is 6.42. The third-order valence-electron chi connectivity index (χ3n) is 3.11. The fourth-order valence-corrected chi connectivity index (χ4v) is 2.14. The second kappa shape index (κ2) is 6.21. The number of hydrogen-bond donors (Lipinski definition) is 2.